The number of hydrogen-bond acceptors (Lipinski definition) is 3. The van der Waals surface area contributed by atoms with Crippen LogP contribution in [-0.4, -0.2) is 13.7 Å². The Hall–Kier alpha value is -2.14. The van der Waals surface area contributed by atoms with Crippen LogP contribution < -0.4 is 15.2 Å². The lowest BCUT2D eigenvalue weighted by Gasteiger charge is -2.13. The molecule has 5 heteroatoms. The van der Waals surface area contributed by atoms with Crippen LogP contribution in [-0.2, 0) is 13.0 Å². The summed E-state index contributed by atoms with van der Waals surface area (Å²) in [6.45, 7) is 0.328. The zero-order valence-corrected chi connectivity index (χ0v) is 11.7. The Labute approximate surface area is 122 Å². The molecule has 0 unspecified atom stereocenters. The summed E-state index contributed by atoms with van der Waals surface area (Å²) >= 11 is 0. The molecule has 0 aliphatic rings. The molecule has 112 valence electrons. The van der Waals surface area contributed by atoms with E-state index in [0.29, 0.717) is 18.0 Å². The monoisotopic (exact) mass is 293 g/mol. The van der Waals surface area contributed by atoms with Gasteiger partial charge >= 0.3 is 0 Å². The SMILES string of the molecule is COc1cc(CCN)ccc1OCc1c(F)cccc1F. The lowest BCUT2D eigenvalue weighted by molar-refractivity contribution is 0.274. The second-order valence-electron chi connectivity index (χ2n) is 4.51. The summed E-state index contributed by atoms with van der Waals surface area (Å²) in [5.74, 6) is -0.318. The number of ether oxygens (including phenoxy) is 2. The van der Waals surface area contributed by atoms with Crippen LogP contribution >= 0.6 is 0 Å². The zero-order valence-electron chi connectivity index (χ0n) is 11.7. The zero-order chi connectivity index (χ0) is 15.2. The minimum absolute atomic E-state index is 0.106. The van der Waals surface area contributed by atoms with Crippen molar-refractivity contribution < 1.29 is 18.3 Å². The van der Waals surface area contributed by atoms with Crippen LogP contribution in [0.4, 0.5) is 8.78 Å². The van der Waals surface area contributed by atoms with E-state index in [1.54, 1.807) is 12.1 Å². The van der Waals surface area contributed by atoms with E-state index in [-0.39, 0.29) is 12.2 Å². The van der Waals surface area contributed by atoms with Gasteiger partial charge in [-0.1, -0.05) is 12.1 Å². The molecule has 0 fully saturated rings. The first-order valence-electron chi connectivity index (χ1n) is 6.58. The molecule has 2 N–H and O–H groups in total. The predicted octanol–water partition coefficient (Wildman–Crippen LogP) is 3.05. The van der Waals surface area contributed by atoms with Gasteiger partial charge in [0.15, 0.2) is 11.5 Å². The van der Waals surface area contributed by atoms with Crippen LogP contribution in [0.5, 0.6) is 11.5 Å². The lowest BCUT2D eigenvalue weighted by atomic mass is 10.1. The normalized spacial score (nSPS) is 10.5. The summed E-state index contributed by atoms with van der Waals surface area (Å²) in [5, 5.41) is 0. The third-order valence-corrected chi connectivity index (χ3v) is 3.09. The average molecular weight is 293 g/mol. The summed E-state index contributed by atoms with van der Waals surface area (Å²) in [4.78, 5) is 0. The van der Waals surface area contributed by atoms with Gasteiger partial charge in [-0.25, -0.2) is 8.78 Å². The third kappa shape index (κ3) is 3.70. The molecule has 3 nitrogen and oxygen atoms in total. The molecule has 0 aliphatic carbocycles. The Balaban J connectivity index is 2.16. The highest BCUT2D eigenvalue weighted by Gasteiger charge is 2.11. The highest BCUT2D eigenvalue weighted by atomic mass is 19.1. The van der Waals surface area contributed by atoms with Crippen molar-refractivity contribution in [1.29, 1.82) is 0 Å². The van der Waals surface area contributed by atoms with E-state index in [4.69, 9.17) is 15.2 Å². The maximum Gasteiger partial charge on any atom is 0.161 e. The van der Waals surface area contributed by atoms with Gasteiger partial charge in [0, 0.05) is 0 Å². The van der Waals surface area contributed by atoms with Crippen LogP contribution in [0.25, 0.3) is 0 Å². The molecular formula is C16H17F2NO2. The summed E-state index contributed by atoms with van der Waals surface area (Å²) < 4.78 is 37.8. The minimum atomic E-state index is -0.631. The Morgan fingerprint density at radius 3 is 2.38 bits per heavy atom. The molecule has 0 spiro atoms. The molecule has 0 saturated heterocycles. The molecule has 0 heterocycles. The number of methoxy groups -OCH3 is 1. The summed E-state index contributed by atoms with van der Waals surface area (Å²) in [6.07, 6.45) is 0.721. The second kappa shape index (κ2) is 7.04. The Kier molecular flexibility index (Phi) is 5.11. The number of hydrogen-bond donors (Lipinski definition) is 1. The van der Waals surface area contributed by atoms with Crippen LogP contribution in [0.3, 0.4) is 0 Å². The fraction of sp³-hybridized carbons (Fsp3) is 0.250. The molecule has 2 aromatic rings. The fourth-order valence-electron chi connectivity index (χ4n) is 1.97. The largest absolute Gasteiger partial charge is 0.493 e. The van der Waals surface area contributed by atoms with Crippen LogP contribution in [0.2, 0.25) is 0 Å². The average Bonchev–Trinajstić information content (AvgIpc) is 2.48. The van der Waals surface area contributed by atoms with E-state index in [0.717, 1.165) is 12.0 Å². The van der Waals surface area contributed by atoms with Crippen molar-refractivity contribution in [2.75, 3.05) is 13.7 Å². The topological polar surface area (TPSA) is 44.5 Å². The van der Waals surface area contributed by atoms with Crippen molar-refractivity contribution in [3.8, 4) is 11.5 Å². The van der Waals surface area contributed by atoms with Gasteiger partial charge in [-0.15, -0.1) is 0 Å². The molecule has 0 saturated carbocycles. The highest BCUT2D eigenvalue weighted by Crippen LogP contribution is 2.29. The van der Waals surface area contributed by atoms with E-state index in [2.05, 4.69) is 0 Å². The van der Waals surface area contributed by atoms with Gasteiger partial charge in [0.25, 0.3) is 0 Å². The van der Waals surface area contributed by atoms with Gasteiger partial charge in [0.2, 0.25) is 0 Å². The van der Waals surface area contributed by atoms with Crippen molar-refractivity contribution in [1.82, 2.24) is 0 Å². The Morgan fingerprint density at radius 2 is 1.76 bits per heavy atom. The summed E-state index contributed by atoms with van der Waals surface area (Å²) in [6, 6.07) is 9.08. The van der Waals surface area contributed by atoms with Crippen molar-refractivity contribution in [3.63, 3.8) is 0 Å². The van der Waals surface area contributed by atoms with Crippen molar-refractivity contribution in [2.45, 2.75) is 13.0 Å². The number of halogens is 2. The third-order valence-electron chi connectivity index (χ3n) is 3.09. The lowest BCUT2D eigenvalue weighted by Crippen LogP contribution is -2.05. The van der Waals surface area contributed by atoms with Crippen LogP contribution in [0.1, 0.15) is 11.1 Å². The molecule has 0 radical (unpaired) electrons. The van der Waals surface area contributed by atoms with Crippen LogP contribution in [0, 0.1) is 11.6 Å². The second-order valence-corrected chi connectivity index (χ2v) is 4.51. The molecule has 2 rings (SSSR count). The van der Waals surface area contributed by atoms with E-state index < -0.39 is 11.6 Å². The fourth-order valence-corrected chi connectivity index (χ4v) is 1.97. The van der Waals surface area contributed by atoms with Crippen LogP contribution in [0.15, 0.2) is 36.4 Å². The smallest absolute Gasteiger partial charge is 0.161 e. The molecule has 0 aliphatic heterocycles. The highest BCUT2D eigenvalue weighted by molar-refractivity contribution is 5.43. The quantitative estimate of drug-likeness (QED) is 0.890. The summed E-state index contributed by atoms with van der Waals surface area (Å²) in [5.41, 5.74) is 6.41. The van der Waals surface area contributed by atoms with Crippen molar-refractivity contribution in [2.24, 2.45) is 5.73 Å². The van der Waals surface area contributed by atoms with Gasteiger partial charge < -0.3 is 15.2 Å². The minimum Gasteiger partial charge on any atom is -0.493 e. The first-order chi connectivity index (χ1) is 10.2. The predicted molar refractivity (Wildman–Crippen MR) is 76.4 cm³/mol. The standard InChI is InChI=1S/C16H17F2NO2/c1-20-16-9-11(7-8-19)5-6-15(16)21-10-12-13(17)3-2-4-14(12)18/h2-6,9H,7-8,10,19H2,1H3. The number of rotatable bonds is 6. The van der Waals surface area contributed by atoms with Gasteiger partial charge in [0.1, 0.15) is 18.2 Å². The van der Waals surface area contributed by atoms with Gasteiger partial charge in [-0.2, -0.15) is 0 Å². The maximum absolute atomic E-state index is 13.5. The van der Waals surface area contributed by atoms with Gasteiger partial charge in [-0.3, -0.25) is 0 Å². The molecule has 0 aromatic heterocycles. The van der Waals surface area contributed by atoms with Gasteiger partial charge in [0.05, 0.1) is 12.7 Å². The molecule has 0 bridgehead atoms. The van der Waals surface area contributed by atoms with E-state index >= 15 is 0 Å². The van der Waals surface area contributed by atoms with Crippen molar-refractivity contribution in [3.05, 3.63) is 59.2 Å². The Morgan fingerprint density at radius 1 is 1.05 bits per heavy atom. The number of nitrogens with two attached hydrogens (primary N) is 1. The molecule has 0 amide bonds. The van der Waals surface area contributed by atoms with Gasteiger partial charge in [-0.05, 0) is 42.8 Å². The van der Waals surface area contributed by atoms with E-state index in [1.807, 2.05) is 6.07 Å². The van der Waals surface area contributed by atoms with Crippen molar-refractivity contribution >= 4 is 0 Å². The first kappa shape index (κ1) is 15.3. The molecule has 2 aromatic carbocycles. The number of benzene rings is 2. The van der Waals surface area contributed by atoms with E-state index in [9.17, 15) is 8.78 Å². The Bertz CT molecular complexity index is 597. The summed E-state index contributed by atoms with van der Waals surface area (Å²) in [7, 11) is 1.51. The molecule has 21 heavy (non-hydrogen) atoms. The maximum atomic E-state index is 13.5. The molecule has 0 atom stereocenters. The molecular weight excluding hydrogens is 276 g/mol. The van der Waals surface area contributed by atoms with E-state index in [1.165, 1.54) is 25.3 Å². The first-order valence-corrected chi connectivity index (χ1v) is 6.58.